The van der Waals surface area contributed by atoms with E-state index >= 15 is 0 Å². The molecular weight excluding hydrogens is 198 g/mol. The molecule has 3 nitrogen and oxygen atoms in total. The molecule has 92 valence electrons. The van der Waals surface area contributed by atoms with Gasteiger partial charge in [0.2, 0.25) is 5.95 Å². The minimum atomic E-state index is 0.852. The minimum Gasteiger partial charge on any atom is -0.356 e. The Morgan fingerprint density at radius 2 is 2.00 bits per heavy atom. The molecule has 1 N–H and O–H groups in total. The molecule has 0 spiro atoms. The van der Waals surface area contributed by atoms with Gasteiger partial charge in [-0.25, -0.2) is 4.98 Å². The highest BCUT2D eigenvalue weighted by Crippen LogP contribution is 2.09. The first kappa shape index (κ1) is 13.1. The van der Waals surface area contributed by atoms with Gasteiger partial charge in [-0.05, 0) is 12.3 Å². The fourth-order valence-electron chi connectivity index (χ4n) is 1.77. The number of aryl methyl sites for hydroxylation is 1. The number of unbranched alkanes of at least 4 members (excludes halogenated alkanes) is 3. The number of imidazole rings is 1. The molecule has 0 bridgehead atoms. The van der Waals surface area contributed by atoms with Crippen molar-refractivity contribution in [2.45, 2.75) is 46.0 Å². The molecule has 1 aromatic rings. The van der Waals surface area contributed by atoms with Gasteiger partial charge in [0.15, 0.2) is 0 Å². The van der Waals surface area contributed by atoms with Crippen LogP contribution in [0.2, 0.25) is 0 Å². The zero-order valence-electron chi connectivity index (χ0n) is 10.9. The first-order valence-corrected chi connectivity index (χ1v) is 6.41. The summed E-state index contributed by atoms with van der Waals surface area (Å²) in [7, 11) is 2.01. The molecule has 0 amide bonds. The second-order valence-electron chi connectivity index (χ2n) is 4.89. The van der Waals surface area contributed by atoms with Gasteiger partial charge in [0.25, 0.3) is 0 Å². The van der Waals surface area contributed by atoms with Gasteiger partial charge in [0, 0.05) is 26.0 Å². The van der Waals surface area contributed by atoms with E-state index in [1.165, 1.54) is 32.1 Å². The topological polar surface area (TPSA) is 29.9 Å². The van der Waals surface area contributed by atoms with Crippen molar-refractivity contribution in [3.8, 4) is 0 Å². The molecule has 0 aliphatic heterocycles. The van der Waals surface area contributed by atoms with Crippen molar-refractivity contribution in [1.82, 2.24) is 9.55 Å². The lowest BCUT2D eigenvalue weighted by Crippen LogP contribution is -2.06. The molecule has 3 heteroatoms. The largest absolute Gasteiger partial charge is 0.356 e. The predicted octanol–water partition coefficient (Wildman–Crippen LogP) is 3.44. The van der Waals surface area contributed by atoms with E-state index in [0.29, 0.717) is 0 Å². The fraction of sp³-hybridized carbons (Fsp3) is 0.769. The highest BCUT2D eigenvalue weighted by Gasteiger charge is 1.97. The molecule has 0 fully saturated rings. The fourth-order valence-corrected chi connectivity index (χ4v) is 1.77. The van der Waals surface area contributed by atoms with Crippen LogP contribution in [0.3, 0.4) is 0 Å². The van der Waals surface area contributed by atoms with Crippen molar-refractivity contribution < 1.29 is 0 Å². The smallest absolute Gasteiger partial charge is 0.202 e. The number of nitrogens with one attached hydrogen (secondary N) is 1. The number of anilines is 1. The maximum Gasteiger partial charge on any atom is 0.202 e. The third-order valence-corrected chi connectivity index (χ3v) is 2.81. The van der Waals surface area contributed by atoms with Crippen LogP contribution in [0.25, 0.3) is 0 Å². The quantitative estimate of drug-likeness (QED) is 0.684. The Bertz CT molecular complexity index is 278. The van der Waals surface area contributed by atoms with Gasteiger partial charge in [-0.15, -0.1) is 0 Å². The summed E-state index contributed by atoms with van der Waals surface area (Å²) in [6, 6.07) is 0. The summed E-state index contributed by atoms with van der Waals surface area (Å²) in [5.41, 5.74) is 0. The lowest BCUT2D eigenvalue weighted by atomic mass is 10.0. The van der Waals surface area contributed by atoms with Crippen molar-refractivity contribution in [3.63, 3.8) is 0 Å². The van der Waals surface area contributed by atoms with E-state index in [2.05, 4.69) is 24.1 Å². The molecule has 0 aromatic carbocycles. The number of hydrogen-bond acceptors (Lipinski definition) is 2. The molecule has 0 unspecified atom stereocenters. The van der Waals surface area contributed by atoms with Gasteiger partial charge in [0.05, 0.1) is 0 Å². The van der Waals surface area contributed by atoms with Gasteiger partial charge in [-0.1, -0.05) is 39.5 Å². The van der Waals surface area contributed by atoms with Crippen LogP contribution in [0, 0.1) is 5.92 Å². The van der Waals surface area contributed by atoms with E-state index in [4.69, 9.17) is 0 Å². The van der Waals surface area contributed by atoms with E-state index in [1.54, 1.807) is 0 Å². The average molecular weight is 223 g/mol. The second-order valence-corrected chi connectivity index (χ2v) is 4.89. The Hall–Kier alpha value is -0.990. The van der Waals surface area contributed by atoms with Gasteiger partial charge in [-0.2, -0.15) is 0 Å². The standard InChI is InChI=1S/C13H25N3/c1-12(2)8-6-4-5-7-9-14-13-15-10-11-16(13)3/h10-12H,4-9H2,1-3H3,(H,14,15). The molecule has 1 rings (SSSR count). The Morgan fingerprint density at radius 3 is 2.62 bits per heavy atom. The summed E-state index contributed by atoms with van der Waals surface area (Å²) < 4.78 is 2.01. The van der Waals surface area contributed by atoms with Crippen LogP contribution in [-0.2, 0) is 7.05 Å². The van der Waals surface area contributed by atoms with Gasteiger partial charge in [0.1, 0.15) is 0 Å². The first-order chi connectivity index (χ1) is 7.70. The van der Waals surface area contributed by atoms with Crippen LogP contribution in [0.1, 0.15) is 46.0 Å². The Morgan fingerprint density at radius 1 is 1.25 bits per heavy atom. The van der Waals surface area contributed by atoms with Crippen molar-refractivity contribution in [3.05, 3.63) is 12.4 Å². The van der Waals surface area contributed by atoms with Crippen molar-refractivity contribution in [2.24, 2.45) is 13.0 Å². The van der Waals surface area contributed by atoms with E-state index in [1.807, 2.05) is 24.0 Å². The Kier molecular flexibility index (Phi) is 5.98. The van der Waals surface area contributed by atoms with Crippen LogP contribution < -0.4 is 5.32 Å². The van der Waals surface area contributed by atoms with Gasteiger partial charge in [-0.3, -0.25) is 0 Å². The van der Waals surface area contributed by atoms with E-state index in [-0.39, 0.29) is 0 Å². The maximum atomic E-state index is 4.22. The number of aromatic nitrogens is 2. The van der Waals surface area contributed by atoms with Crippen molar-refractivity contribution in [1.29, 1.82) is 0 Å². The number of rotatable bonds is 8. The molecule has 0 atom stereocenters. The molecule has 0 saturated carbocycles. The van der Waals surface area contributed by atoms with Crippen LogP contribution in [0.5, 0.6) is 0 Å². The van der Waals surface area contributed by atoms with Gasteiger partial charge >= 0.3 is 0 Å². The monoisotopic (exact) mass is 223 g/mol. The van der Waals surface area contributed by atoms with Crippen LogP contribution in [0.4, 0.5) is 5.95 Å². The molecule has 0 saturated heterocycles. The van der Waals surface area contributed by atoms with Crippen molar-refractivity contribution in [2.75, 3.05) is 11.9 Å². The van der Waals surface area contributed by atoms with Crippen LogP contribution >= 0.6 is 0 Å². The normalized spacial score (nSPS) is 11.0. The van der Waals surface area contributed by atoms with E-state index < -0.39 is 0 Å². The highest BCUT2D eigenvalue weighted by atomic mass is 15.2. The molecule has 0 aliphatic rings. The first-order valence-electron chi connectivity index (χ1n) is 6.41. The number of hydrogen-bond donors (Lipinski definition) is 1. The zero-order chi connectivity index (χ0) is 11.8. The third kappa shape index (κ3) is 5.19. The van der Waals surface area contributed by atoms with E-state index in [0.717, 1.165) is 18.4 Å². The number of nitrogens with zero attached hydrogens (tertiary/aromatic N) is 2. The molecular formula is C13H25N3. The van der Waals surface area contributed by atoms with Crippen LogP contribution in [0.15, 0.2) is 12.4 Å². The Labute approximate surface area is 99.3 Å². The molecule has 1 aromatic heterocycles. The van der Waals surface area contributed by atoms with Gasteiger partial charge < -0.3 is 9.88 Å². The highest BCUT2D eigenvalue weighted by molar-refractivity contribution is 5.24. The van der Waals surface area contributed by atoms with Crippen LogP contribution in [-0.4, -0.2) is 16.1 Å². The molecule has 0 aliphatic carbocycles. The summed E-state index contributed by atoms with van der Waals surface area (Å²) >= 11 is 0. The summed E-state index contributed by atoms with van der Waals surface area (Å²) in [5.74, 6) is 1.83. The molecule has 1 heterocycles. The SMILES string of the molecule is CC(C)CCCCCCNc1nccn1C. The summed E-state index contributed by atoms with van der Waals surface area (Å²) in [6.07, 6.45) is 10.5. The summed E-state index contributed by atoms with van der Waals surface area (Å²) in [5, 5.41) is 3.34. The predicted molar refractivity (Wildman–Crippen MR) is 69.6 cm³/mol. The lowest BCUT2D eigenvalue weighted by molar-refractivity contribution is 0.522. The second kappa shape index (κ2) is 7.31. The van der Waals surface area contributed by atoms with E-state index in [9.17, 15) is 0 Å². The summed E-state index contributed by atoms with van der Waals surface area (Å²) in [4.78, 5) is 4.22. The minimum absolute atomic E-state index is 0.852. The van der Waals surface area contributed by atoms with Crippen molar-refractivity contribution >= 4 is 5.95 Å². The Balaban J connectivity index is 1.94. The lowest BCUT2D eigenvalue weighted by Gasteiger charge is -2.06. The summed E-state index contributed by atoms with van der Waals surface area (Å²) in [6.45, 7) is 5.62. The molecule has 16 heavy (non-hydrogen) atoms. The third-order valence-electron chi connectivity index (χ3n) is 2.81. The molecule has 0 radical (unpaired) electrons. The maximum absolute atomic E-state index is 4.22. The zero-order valence-corrected chi connectivity index (χ0v) is 10.9. The average Bonchev–Trinajstić information content (AvgIpc) is 2.62.